The quantitative estimate of drug-likeness (QED) is 0.850. The number of carbonyl (C=O) groups excluding carboxylic acids is 1. The van der Waals surface area contributed by atoms with Crippen LogP contribution >= 0.6 is 0 Å². The maximum Gasteiger partial charge on any atom is 0.315 e. The Labute approximate surface area is 107 Å². The number of benzene rings is 1. The first-order valence-electron chi connectivity index (χ1n) is 6.48. The van der Waals surface area contributed by atoms with E-state index >= 15 is 0 Å². The van der Waals surface area contributed by atoms with Crippen LogP contribution in [0, 0.1) is 5.82 Å². The highest BCUT2D eigenvalue weighted by atomic mass is 19.1. The zero-order valence-corrected chi connectivity index (χ0v) is 10.6. The molecule has 0 aromatic heterocycles. The minimum atomic E-state index is -0.326. The van der Waals surface area contributed by atoms with Gasteiger partial charge in [-0.3, -0.25) is 0 Å². The second kappa shape index (κ2) is 5.85. The van der Waals surface area contributed by atoms with Gasteiger partial charge < -0.3 is 10.6 Å². The van der Waals surface area contributed by atoms with Crippen molar-refractivity contribution in [2.45, 2.75) is 44.7 Å². The predicted molar refractivity (Wildman–Crippen MR) is 68.7 cm³/mol. The fraction of sp³-hybridized carbons (Fsp3) is 0.500. The summed E-state index contributed by atoms with van der Waals surface area (Å²) >= 11 is 0. The Morgan fingerprint density at radius 3 is 2.67 bits per heavy atom. The van der Waals surface area contributed by atoms with Gasteiger partial charge in [0.05, 0.1) is 6.04 Å². The van der Waals surface area contributed by atoms with Crippen LogP contribution in [0.3, 0.4) is 0 Å². The van der Waals surface area contributed by atoms with Gasteiger partial charge >= 0.3 is 6.03 Å². The van der Waals surface area contributed by atoms with Crippen molar-refractivity contribution in [1.29, 1.82) is 0 Å². The lowest BCUT2D eigenvalue weighted by molar-refractivity contribution is 0.234. The molecule has 1 aromatic rings. The number of carbonyl (C=O) groups is 1. The van der Waals surface area contributed by atoms with Crippen LogP contribution in [-0.2, 0) is 0 Å². The van der Waals surface area contributed by atoms with Crippen LogP contribution in [-0.4, -0.2) is 12.1 Å². The van der Waals surface area contributed by atoms with Gasteiger partial charge in [-0.1, -0.05) is 31.0 Å². The third-order valence-electron chi connectivity index (χ3n) is 3.41. The summed E-state index contributed by atoms with van der Waals surface area (Å²) in [5.41, 5.74) is 0.513. The smallest absolute Gasteiger partial charge is 0.315 e. The Bertz CT molecular complexity index is 416. The standard InChI is InChI=1S/C14H19FN2O/c1-10(12-8-4-5-9-13(12)15)16-14(18)17-11-6-2-3-7-11/h4-5,8-11H,2-3,6-7H2,1H3,(H2,16,17,18)/t10-/m1/s1. The number of halogens is 1. The van der Waals surface area contributed by atoms with Crippen LogP contribution in [0.4, 0.5) is 9.18 Å². The molecule has 0 heterocycles. The lowest BCUT2D eigenvalue weighted by atomic mass is 10.1. The molecule has 3 nitrogen and oxygen atoms in total. The minimum Gasteiger partial charge on any atom is -0.335 e. The van der Waals surface area contributed by atoms with Crippen molar-refractivity contribution in [2.75, 3.05) is 0 Å². The van der Waals surface area contributed by atoms with Crippen molar-refractivity contribution in [3.8, 4) is 0 Å². The molecule has 0 unspecified atom stereocenters. The third-order valence-corrected chi connectivity index (χ3v) is 3.41. The molecule has 0 saturated heterocycles. The van der Waals surface area contributed by atoms with Gasteiger partial charge in [-0.15, -0.1) is 0 Å². The largest absolute Gasteiger partial charge is 0.335 e. The molecule has 2 amide bonds. The lowest BCUT2D eigenvalue weighted by Crippen LogP contribution is -2.42. The monoisotopic (exact) mass is 250 g/mol. The molecule has 0 bridgehead atoms. The predicted octanol–water partition coefficient (Wildman–Crippen LogP) is 3.13. The molecule has 18 heavy (non-hydrogen) atoms. The van der Waals surface area contributed by atoms with E-state index < -0.39 is 0 Å². The van der Waals surface area contributed by atoms with Crippen LogP contribution in [0.25, 0.3) is 0 Å². The number of hydrogen-bond donors (Lipinski definition) is 2. The summed E-state index contributed by atoms with van der Waals surface area (Å²) < 4.78 is 13.5. The van der Waals surface area contributed by atoms with Crippen molar-refractivity contribution < 1.29 is 9.18 Å². The van der Waals surface area contributed by atoms with Crippen LogP contribution in [0.1, 0.15) is 44.2 Å². The van der Waals surface area contributed by atoms with E-state index in [0.717, 1.165) is 12.8 Å². The van der Waals surface area contributed by atoms with E-state index in [1.54, 1.807) is 25.1 Å². The maximum atomic E-state index is 13.5. The van der Waals surface area contributed by atoms with Crippen LogP contribution in [0.2, 0.25) is 0 Å². The summed E-state index contributed by atoms with van der Waals surface area (Å²) in [5.74, 6) is -0.286. The Morgan fingerprint density at radius 2 is 2.00 bits per heavy atom. The molecule has 98 valence electrons. The molecule has 1 aliphatic carbocycles. The van der Waals surface area contributed by atoms with Crippen LogP contribution in [0.15, 0.2) is 24.3 Å². The SMILES string of the molecule is C[C@@H](NC(=O)NC1CCCC1)c1ccccc1F. The first-order chi connectivity index (χ1) is 8.66. The number of rotatable bonds is 3. The van der Waals surface area contributed by atoms with E-state index in [2.05, 4.69) is 10.6 Å². The van der Waals surface area contributed by atoms with Gasteiger partial charge in [-0.2, -0.15) is 0 Å². The summed E-state index contributed by atoms with van der Waals surface area (Å²) in [5, 5.41) is 5.70. The normalized spacial score (nSPS) is 17.4. The highest BCUT2D eigenvalue weighted by molar-refractivity contribution is 5.74. The molecular weight excluding hydrogens is 231 g/mol. The minimum absolute atomic E-state index is 0.211. The van der Waals surface area contributed by atoms with Crippen molar-refractivity contribution in [2.24, 2.45) is 0 Å². The average Bonchev–Trinajstić information content (AvgIpc) is 2.82. The summed E-state index contributed by atoms with van der Waals surface area (Å²) in [6.45, 7) is 1.78. The van der Waals surface area contributed by atoms with E-state index in [-0.39, 0.29) is 23.9 Å². The Hall–Kier alpha value is -1.58. The highest BCUT2D eigenvalue weighted by Gasteiger charge is 2.19. The maximum absolute atomic E-state index is 13.5. The van der Waals surface area contributed by atoms with E-state index in [1.807, 2.05) is 0 Å². The van der Waals surface area contributed by atoms with Gasteiger partial charge in [0.1, 0.15) is 5.82 Å². The van der Waals surface area contributed by atoms with Gasteiger partial charge in [-0.25, -0.2) is 9.18 Å². The average molecular weight is 250 g/mol. The Kier molecular flexibility index (Phi) is 4.18. The lowest BCUT2D eigenvalue weighted by Gasteiger charge is -2.18. The molecule has 1 aromatic carbocycles. The number of hydrogen-bond acceptors (Lipinski definition) is 1. The van der Waals surface area contributed by atoms with Crippen LogP contribution < -0.4 is 10.6 Å². The Morgan fingerprint density at radius 1 is 1.33 bits per heavy atom. The molecule has 1 aliphatic rings. The first-order valence-corrected chi connectivity index (χ1v) is 6.48. The van der Waals surface area contributed by atoms with Crippen molar-refractivity contribution in [3.63, 3.8) is 0 Å². The van der Waals surface area contributed by atoms with E-state index in [9.17, 15) is 9.18 Å². The van der Waals surface area contributed by atoms with E-state index in [4.69, 9.17) is 0 Å². The molecule has 2 rings (SSSR count). The van der Waals surface area contributed by atoms with Gasteiger partial charge in [-0.05, 0) is 25.8 Å². The van der Waals surface area contributed by atoms with Crippen molar-refractivity contribution >= 4 is 6.03 Å². The summed E-state index contributed by atoms with van der Waals surface area (Å²) in [4.78, 5) is 11.7. The molecule has 4 heteroatoms. The Balaban J connectivity index is 1.88. The summed E-state index contributed by atoms with van der Waals surface area (Å²) in [6.07, 6.45) is 4.44. The van der Waals surface area contributed by atoms with Crippen molar-refractivity contribution in [3.05, 3.63) is 35.6 Å². The van der Waals surface area contributed by atoms with Gasteiger partial charge in [0, 0.05) is 11.6 Å². The number of amides is 2. The second-order valence-corrected chi connectivity index (χ2v) is 4.84. The van der Waals surface area contributed by atoms with Crippen molar-refractivity contribution in [1.82, 2.24) is 10.6 Å². The topological polar surface area (TPSA) is 41.1 Å². The summed E-state index contributed by atoms with van der Waals surface area (Å²) in [7, 11) is 0. The first kappa shape index (κ1) is 12.9. The second-order valence-electron chi connectivity index (χ2n) is 4.84. The molecule has 1 fully saturated rings. The zero-order chi connectivity index (χ0) is 13.0. The molecule has 0 spiro atoms. The third kappa shape index (κ3) is 3.22. The molecular formula is C14H19FN2O. The molecule has 1 atom stereocenters. The number of urea groups is 1. The van der Waals surface area contributed by atoms with Gasteiger partial charge in [0.25, 0.3) is 0 Å². The van der Waals surface area contributed by atoms with E-state index in [0.29, 0.717) is 5.56 Å². The molecule has 0 radical (unpaired) electrons. The van der Waals surface area contributed by atoms with Gasteiger partial charge in [0.2, 0.25) is 0 Å². The molecule has 1 saturated carbocycles. The fourth-order valence-electron chi connectivity index (χ4n) is 2.40. The van der Waals surface area contributed by atoms with Crippen LogP contribution in [0.5, 0.6) is 0 Å². The summed E-state index contributed by atoms with van der Waals surface area (Å²) in [6, 6.07) is 6.25. The van der Waals surface area contributed by atoms with E-state index in [1.165, 1.54) is 18.9 Å². The molecule has 2 N–H and O–H groups in total. The fourth-order valence-corrected chi connectivity index (χ4v) is 2.40. The zero-order valence-electron chi connectivity index (χ0n) is 10.6. The molecule has 0 aliphatic heterocycles. The van der Waals surface area contributed by atoms with Gasteiger partial charge in [0.15, 0.2) is 0 Å². The number of nitrogens with one attached hydrogen (secondary N) is 2. The highest BCUT2D eigenvalue weighted by Crippen LogP contribution is 2.18.